The first-order chi connectivity index (χ1) is 13.8. The zero-order valence-corrected chi connectivity index (χ0v) is 17.7. The van der Waals surface area contributed by atoms with Crippen molar-refractivity contribution < 1.29 is 19.0 Å². The number of hydrogen-bond acceptors (Lipinski definition) is 5. The van der Waals surface area contributed by atoms with Gasteiger partial charge in [-0.25, -0.2) is 9.78 Å². The van der Waals surface area contributed by atoms with Gasteiger partial charge in [-0.2, -0.15) is 0 Å². The van der Waals surface area contributed by atoms with E-state index in [9.17, 15) is 4.79 Å². The van der Waals surface area contributed by atoms with Gasteiger partial charge in [0.05, 0.1) is 25.5 Å². The molecule has 1 heterocycles. The Kier molecular flexibility index (Phi) is 5.05. The second-order valence-electron chi connectivity index (χ2n) is 9.09. The van der Waals surface area contributed by atoms with Crippen molar-refractivity contribution in [1.29, 1.82) is 0 Å². The van der Waals surface area contributed by atoms with Gasteiger partial charge in [0.2, 0.25) is 0 Å². The van der Waals surface area contributed by atoms with Crippen molar-refractivity contribution in [3.05, 3.63) is 42.5 Å². The van der Waals surface area contributed by atoms with Crippen LogP contribution < -0.4 is 9.47 Å². The van der Waals surface area contributed by atoms with Crippen LogP contribution in [0, 0.1) is 16.7 Å². The van der Waals surface area contributed by atoms with Crippen LogP contribution in [0.1, 0.15) is 50.4 Å². The lowest BCUT2D eigenvalue weighted by Crippen LogP contribution is -2.28. The summed E-state index contributed by atoms with van der Waals surface area (Å²) >= 11 is 0. The molecule has 0 spiro atoms. The molecule has 2 saturated carbocycles. The molecule has 2 aliphatic rings. The number of esters is 1. The van der Waals surface area contributed by atoms with Gasteiger partial charge in [0, 0.05) is 18.3 Å². The number of rotatable bonds is 7. The summed E-state index contributed by atoms with van der Waals surface area (Å²) in [7, 11) is 1.58. The minimum Gasteiger partial charge on any atom is -0.493 e. The molecule has 29 heavy (non-hydrogen) atoms. The average molecular weight is 399 g/mol. The Morgan fingerprint density at radius 3 is 2.72 bits per heavy atom. The van der Waals surface area contributed by atoms with Gasteiger partial charge in [0.15, 0.2) is 11.5 Å². The molecule has 156 valence electrons. The quantitative estimate of drug-likeness (QED) is 0.649. The van der Waals surface area contributed by atoms with Crippen molar-refractivity contribution in [3.8, 4) is 11.5 Å². The first-order valence-corrected chi connectivity index (χ1v) is 10.3. The maximum Gasteiger partial charge on any atom is 0.338 e. The molecule has 6 nitrogen and oxygen atoms in total. The van der Waals surface area contributed by atoms with Crippen molar-refractivity contribution in [2.45, 2.75) is 52.7 Å². The Labute approximate surface area is 172 Å². The van der Waals surface area contributed by atoms with Crippen LogP contribution in [-0.2, 0) is 11.3 Å². The van der Waals surface area contributed by atoms with Crippen LogP contribution in [0.3, 0.4) is 0 Å². The van der Waals surface area contributed by atoms with Crippen LogP contribution in [0.25, 0.3) is 0 Å². The van der Waals surface area contributed by atoms with Crippen molar-refractivity contribution in [3.63, 3.8) is 0 Å². The largest absolute Gasteiger partial charge is 0.493 e. The number of carbonyl (C=O) groups is 1. The van der Waals surface area contributed by atoms with E-state index in [4.69, 9.17) is 14.2 Å². The third-order valence-electron chi connectivity index (χ3n) is 7.41. The Balaban J connectivity index is 1.40. The molecule has 6 heteroatoms. The SMILES string of the molecule is COc1cc(C(=O)OC2C[C@@]3(C)CC[C@@H]2C3(C)C)ccc1OCCn1ccnc1. The normalized spacial score (nSPS) is 27.0. The molecule has 0 amide bonds. The highest BCUT2D eigenvalue weighted by Crippen LogP contribution is 2.66. The molecule has 1 aromatic heterocycles. The zero-order chi connectivity index (χ0) is 20.6. The fourth-order valence-corrected chi connectivity index (χ4v) is 5.13. The summed E-state index contributed by atoms with van der Waals surface area (Å²) in [4.78, 5) is 16.8. The summed E-state index contributed by atoms with van der Waals surface area (Å²) in [5, 5.41) is 0. The van der Waals surface area contributed by atoms with Crippen LogP contribution in [0.15, 0.2) is 36.9 Å². The highest BCUT2D eigenvalue weighted by Gasteiger charge is 2.61. The van der Waals surface area contributed by atoms with Crippen LogP contribution >= 0.6 is 0 Å². The van der Waals surface area contributed by atoms with Gasteiger partial charge in [-0.05, 0) is 48.3 Å². The Bertz CT molecular complexity index is 874. The summed E-state index contributed by atoms with van der Waals surface area (Å²) in [6.45, 7) is 8.13. The average Bonchev–Trinajstić information content (AvgIpc) is 3.33. The van der Waals surface area contributed by atoms with Crippen molar-refractivity contribution in [2.24, 2.45) is 16.7 Å². The van der Waals surface area contributed by atoms with Gasteiger partial charge in [-0.1, -0.05) is 20.8 Å². The third kappa shape index (κ3) is 3.49. The number of aromatic nitrogens is 2. The second kappa shape index (κ2) is 7.39. The summed E-state index contributed by atoms with van der Waals surface area (Å²) in [6.07, 6.45) is 8.66. The molecule has 0 radical (unpaired) electrons. The lowest BCUT2D eigenvalue weighted by atomic mass is 9.71. The van der Waals surface area contributed by atoms with Crippen LogP contribution in [0.2, 0.25) is 0 Å². The minimum absolute atomic E-state index is 0.00616. The molecule has 2 aliphatic carbocycles. The van der Waals surface area contributed by atoms with Crippen LogP contribution in [0.5, 0.6) is 11.5 Å². The van der Waals surface area contributed by atoms with E-state index in [-0.39, 0.29) is 22.9 Å². The maximum absolute atomic E-state index is 12.8. The van der Waals surface area contributed by atoms with Gasteiger partial charge in [0.25, 0.3) is 0 Å². The summed E-state index contributed by atoms with van der Waals surface area (Å²) < 4.78 is 19.2. The molecule has 2 aromatic rings. The van der Waals surface area contributed by atoms with Crippen molar-refractivity contribution in [2.75, 3.05) is 13.7 Å². The van der Waals surface area contributed by atoms with Crippen LogP contribution in [-0.4, -0.2) is 35.3 Å². The van der Waals surface area contributed by atoms with Crippen LogP contribution in [0.4, 0.5) is 0 Å². The third-order valence-corrected chi connectivity index (χ3v) is 7.41. The fraction of sp³-hybridized carbons (Fsp3) is 0.565. The number of nitrogens with zero attached hydrogens (tertiary/aromatic N) is 2. The summed E-state index contributed by atoms with van der Waals surface area (Å²) in [5.41, 5.74) is 0.963. The van der Waals surface area contributed by atoms with Crippen molar-refractivity contribution in [1.82, 2.24) is 9.55 Å². The van der Waals surface area contributed by atoms with E-state index < -0.39 is 0 Å². The van der Waals surface area contributed by atoms with Gasteiger partial charge in [0.1, 0.15) is 12.7 Å². The highest BCUT2D eigenvalue weighted by molar-refractivity contribution is 5.90. The molecule has 3 atom stereocenters. The predicted octanol–water partition coefficient (Wildman–Crippen LogP) is 4.34. The van der Waals surface area contributed by atoms with E-state index in [2.05, 4.69) is 25.8 Å². The number of methoxy groups -OCH3 is 1. The summed E-state index contributed by atoms with van der Waals surface area (Å²) in [5.74, 6) is 1.29. The smallest absolute Gasteiger partial charge is 0.338 e. The van der Waals surface area contributed by atoms with Gasteiger partial charge < -0.3 is 18.8 Å². The van der Waals surface area contributed by atoms with E-state index in [1.54, 1.807) is 37.8 Å². The Morgan fingerprint density at radius 2 is 2.10 bits per heavy atom. The number of imidazole rings is 1. The van der Waals surface area contributed by atoms with Crippen molar-refractivity contribution >= 4 is 5.97 Å². The molecule has 2 fully saturated rings. The molecule has 0 aliphatic heterocycles. The monoisotopic (exact) mass is 398 g/mol. The van der Waals surface area contributed by atoms with E-state index in [1.807, 2.05) is 10.8 Å². The summed E-state index contributed by atoms with van der Waals surface area (Å²) in [6, 6.07) is 5.22. The highest BCUT2D eigenvalue weighted by atomic mass is 16.5. The molecule has 4 rings (SSSR count). The first-order valence-electron chi connectivity index (χ1n) is 10.3. The van der Waals surface area contributed by atoms with E-state index in [0.717, 1.165) is 12.8 Å². The first kappa shape index (κ1) is 19.8. The number of fused-ring (bicyclic) bond motifs is 2. The molecule has 1 unspecified atom stereocenters. The minimum atomic E-state index is -0.287. The lowest BCUT2D eigenvalue weighted by molar-refractivity contribution is 0.0103. The molecular formula is C23H30N2O4. The Morgan fingerprint density at radius 1 is 1.28 bits per heavy atom. The predicted molar refractivity (Wildman–Crippen MR) is 109 cm³/mol. The van der Waals surface area contributed by atoms with Gasteiger partial charge >= 0.3 is 5.97 Å². The van der Waals surface area contributed by atoms with E-state index in [1.165, 1.54) is 6.42 Å². The maximum atomic E-state index is 12.8. The molecule has 1 aromatic carbocycles. The number of benzene rings is 1. The van der Waals surface area contributed by atoms with E-state index >= 15 is 0 Å². The fourth-order valence-electron chi connectivity index (χ4n) is 5.13. The molecular weight excluding hydrogens is 368 g/mol. The number of hydrogen-bond donors (Lipinski definition) is 0. The Hall–Kier alpha value is -2.50. The second-order valence-corrected chi connectivity index (χ2v) is 9.09. The number of carbonyl (C=O) groups excluding carboxylic acids is 1. The topological polar surface area (TPSA) is 62.6 Å². The standard InChI is InChI=1S/C23H30N2O4/c1-22(2)17-7-8-23(22,3)14-20(17)29-21(26)16-5-6-18(19(13-16)27-4)28-12-11-25-10-9-24-15-25/h5-6,9-10,13,15,17,20H,7-8,11-12,14H2,1-4H3/t17-,20?,23+/m0/s1. The van der Waals surface area contributed by atoms with Gasteiger partial charge in [-0.15, -0.1) is 0 Å². The number of ether oxygens (including phenoxy) is 3. The molecule has 0 N–H and O–H groups in total. The lowest BCUT2D eigenvalue weighted by Gasteiger charge is -2.33. The molecule has 2 bridgehead atoms. The van der Waals surface area contributed by atoms with Gasteiger partial charge in [-0.3, -0.25) is 0 Å². The van der Waals surface area contributed by atoms with E-state index in [0.29, 0.717) is 36.1 Å². The molecule has 0 saturated heterocycles. The zero-order valence-electron chi connectivity index (χ0n) is 17.7.